The topological polar surface area (TPSA) is 70.5 Å². The molecule has 0 aliphatic carbocycles. The molecule has 3 rings (SSSR count). The van der Waals surface area contributed by atoms with Crippen molar-refractivity contribution in [2.24, 2.45) is 0 Å². The van der Waals surface area contributed by atoms with E-state index in [0.717, 1.165) is 0 Å². The van der Waals surface area contributed by atoms with Gasteiger partial charge in [0.05, 0.1) is 24.4 Å². The van der Waals surface area contributed by atoms with Crippen molar-refractivity contribution in [2.45, 2.75) is 0 Å². The highest BCUT2D eigenvalue weighted by Gasteiger charge is 2.18. The van der Waals surface area contributed by atoms with Gasteiger partial charge in [0.2, 0.25) is 0 Å². The third kappa shape index (κ3) is 1.87. The van der Waals surface area contributed by atoms with E-state index in [2.05, 4.69) is 9.72 Å². The second-order valence-corrected chi connectivity index (χ2v) is 4.18. The van der Waals surface area contributed by atoms with Gasteiger partial charge in [-0.3, -0.25) is 0 Å². The first kappa shape index (κ1) is 12.2. The minimum absolute atomic E-state index is 0.285. The molecule has 0 aliphatic rings. The molecule has 100 valence electrons. The van der Waals surface area contributed by atoms with E-state index in [-0.39, 0.29) is 5.82 Å². The zero-order valence-electron chi connectivity index (χ0n) is 10.7. The van der Waals surface area contributed by atoms with E-state index in [4.69, 9.17) is 0 Å². The number of benzene rings is 1. The van der Waals surface area contributed by atoms with Crippen molar-refractivity contribution in [2.75, 3.05) is 7.11 Å². The van der Waals surface area contributed by atoms with Crippen molar-refractivity contribution in [1.29, 1.82) is 0 Å². The predicted octanol–water partition coefficient (Wildman–Crippen LogP) is 1.42. The van der Waals surface area contributed by atoms with E-state index in [0.29, 0.717) is 21.6 Å². The molecule has 6 nitrogen and oxygen atoms in total. The van der Waals surface area contributed by atoms with Crippen molar-refractivity contribution in [3.63, 3.8) is 0 Å². The molecule has 0 bridgehead atoms. The standard InChI is InChI=1S/C14H11N3O3/c1-20-14(18)11-7-5-10(6-8-11)13-15-12-4-2-3-9-16(12)17(13)19/h2-9H,1H3. The molecule has 0 N–H and O–H groups in total. The van der Waals surface area contributed by atoms with Crippen molar-refractivity contribution in [1.82, 2.24) is 9.50 Å². The summed E-state index contributed by atoms with van der Waals surface area (Å²) in [4.78, 5) is 16.3. The number of pyridine rings is 1. The first-order valence-corrected chi connectivity index (χ1v) is 5.96. The Labute approximate surface area is 114 Å². The lowest BCUT2D eigenvalue weighted by molar-refractivity contribution is -0.667. The number of fused-ring (bicyclic) bond motifs is 1. The molecule has 0 atom stereocenters. The third-order valence-electron chi connectivity index (χ3n) is 2.98. The SMILES string of the molecule is COC(=O)c1ccc(-c2nc3ccccn3[n+]2[O-])cc1. The number of carbonyl (C=O) groups is 1. The van der Waals surface area contributed by atoms with E-state index in [1.807, 2.05) is 6.07 Å². The van der Waals surface area contributed by atoms with E-state index in [1.165, 1.54) is 11.6 Å². The Balaban J connectivity index is 2.07. The van der Waals surface area contributed by atoms with Gasteiger partial charge in [0, 0.05) is 6.07 Å². The fourth-order valence-corrected chi connectivity index (χ4v) is 1.97. The van der Waals surface area contributed by atoms with Gasteiger partial charge in [-0.2, -0.15) is 0 Å². The lowest BCUT2D eigenvalue weighted by Gasteiger charge is -2.02. The van der Waals surface area contributed by atoms with Crippen molar-refractivity contribution >= 4 is 11.6 Å². The maximum Gasteiger partial charge on any atom is 0.355 e. The molecular weight excluding hydrogens is 258 g/mol. The van der Waals surface area contributed by atoms with Crippen LogP contribution in [0.1, 0.15) is 10.4 Å². The Morgan fingerprint density at radius 1 is 1.25 bits per heavy atom. The molecule has 20 heavy (non-hydrogen) atoms. The Morgan fingerprint density at radius 2 is 2.00 bits per heavy atom. The smallest absolute Gasteiger partial charge is 0.355 e. The highest BCUT2D eigenvalue weighted by molar-refractivity contribution is 5.89. The maximum absolute atomic E-state index is 12.1. The van der Waals surface area contributed by atoms with Gasteiger partial charge < -0.3 is 9.94 Å². The first-order chi connectivity index (χ1) is 9.70. The van der Waals surface area contributed by atoms with Gasteiger partial charge in [-0.05, 0) is 35.3 Å². The van der Waals surface area contributed by atoms with Crippen LogP contribution in [-0.2, 0) is 4.74 Å². The Morgan fingerprint density at radius 3 is 2.65 bits per heavy atom. The highest BCUT2D eigenvalue weighted by atomic mass is 16.5. The molecule has 0 radical (unpaired) electrons. The fraction of sp³-hybridized carbons (Fsp3) is 0.0714. The largest absolute Gasteiger partial charge is 0.692 e. The van der Waals surface area contributed by atoms with Gasteiger partial charge in [0.15, 0.2) is 0 Å². The molecule has 0 saturated heterocycles. The summed E-state index contributed by atoms with van der Waals surface area (Å²) in [5.41, 5.74) is 1.63. The molecule has 0 amide bonds. The van der Waals surface area contributed by atoms with E-state index in [1.54, 1.807) is 42.6 Å². The van der Waals surface area contributed by atoms with Gasteiger partial charge >= 0.3 is 11.8 Å². The number of rotatable bonds is 2. The molecule has 1 aromatic carbocycles. The highest BCUT2D eigenvalue weighted by Crippen LogP contribution is 2.16. The van der Waals surface area contributed by atoms with Gasteiger partial charge in [-0.1, -0.05) is 6.07 Å². The number of hydrogen-bond donors (Lipinski definition) is 0. The van der Waals surface area contributed by atoms with Gasteiger partial charge in [0.25, 0.3) is 5.65 Å². The lowest BCUT2D eigenvalue weighted by atomic mass is 10.1. The summed E-state index contributed by atoms with van der Waals surface area (Å²) in [5, 5.41) is 12.1. The number of esters is 1. The molecule has 0 unspecified atom stereocenters. The zero-order chi connectivity index (χ0) is 14.1. The van der Waals surface area contributed by atoms with E-state index < -0.39 is 5.97 Å². The third-order valence-corrected chi connectivity index (χ3v) is 2.98. The van der Waals surface area contributed by atoms with Gasteiger partial charge in [-0.15, -0.1) is 9.36 Å². The fourth-order valence-electron chi connectivity index (χ4n) is 1.97. The molecule has 0 fully saturated rings. The van der Waals surface area contributed by atoms with Crippen LogP contribution in [0.25, 0.3) is 17.0 Å². The Bertz CT molecular complexity index is 778. The minimum Gasteiger partial charge on any atom is -0.692 e. The number of hydrogen-bond acceptors (Lipinski definition) is 4. The molecule has 3 aromatic rings. The van der Waals surface area contributed by atoms with Crippen molar-refractivity contribution in [3.05, 3.63) is 59.4 Å². The Hall–Kier alpha value is -2.89. The van der Waals surface area contributed by atoms with Crippen molar-refractivity contribution < 1.29 is 14.4 Å². The number of methoxy groups -OCH3 is 1. The maximum atomic E-state index is 12.1. The van der Waals surface area contributed by atoms with Gasteiger partial charge in [0.1, 0.15) is 0 Å². The molecule has 2 aromatic heterocycles. The van der Waals surface area contributed by atoms with Crippen LogP contribution in [0, 0.1) is 5.21 Å². The van der Waals surface area contributed by atoms with Crippen LogP contribution in [0.5, 0.6) is 0 Å². The molecule has 2 heterocycles. The zero-order valence-corrected chi connectivity index (χ0v) is 10.7. The summed E-state index contributed by atoms with van der Waals surface area (Å²) < 4.78 is 6.03. The monoisotopic (exact) mass is 269 g/mol. The Kier molecular flexibility index (Phi) is 2.83. The van der Waals surface area contributed by atoms with Crippen LogP contribution in [0.4, 0.5) is 0 Å². The molecule has 0 spiro atoms. The molecule has 0 aliphatic heterocycles. The molecule has 6 heteroatoms. The summed E-state index contributed by atoms with van der Waals surface area (Å²) >= 11 is 0. The normalized spacial score (nSPS) is 10.7. The average Bonchev–Trinajstić information content (AvgIpc) is 2.84. The van der Waals surface area contributed by atoms with Gasteiger partial charge in [-0.25, -0.2) is 4.79 Å². The number of aromatic nitrogens is 3. The number of carbonyl (C=O) groups excluding carboxylic acids is 1. The van der Waals surface area contributed by atoms with Crippen LogP contribution in [0.15, 0.2) is 48.7 Å². The van der Waals surface area contributed by atoms with Crippen LogP contribution in [-0.4, -0.2) is 22.6 Å². The number of nitrogens with zero attached hydrogens (tertiary/aromatic N) is 3. The van der Waals surface area contributed by atoms with Crippen LogP contribution < -0.4 is 4.85 Å². The van der Waals surface area contributed by atoms with Crippen molar-refractivity contribution in [3.8, 4) is 11.4 Å². The summed E-state index contributed by atoms with van der Waals surface area (Å²) in [5.74, 6) is -0.130. The summed E-state index contributed by atoms with van der Waals surface area (Å²) in [6, 6.07) is 11.9. The quantitative estimate of drug-likeness (QED) is 0.401. The second kappa shape index (κ2) is 4.65. The average molecular weight is 269 g/mol. The van der Waals surface area contributed by atoms with E-state index in [9.17, 15) is 10.0 Å². The van der Waals surface area contributed by atoms with Crippen LogP contribution >= 0.6 is 0 Å². The van der Waals surface area contributed by atoms with Crippen LogP contribution in [0.3, 0.4) is 0 Å². The molecule has 0 saturated carbocycles. The minimum atomic E-state index is -0.415. The predicted molar refractivity (Wildman–Crippen MR) is 70.9 cm³/mol. The second-order valence-electron chi connectivity index (χ2n) is 4.18. The lowest BCUT2D eigenvalue weighted by Crippen LogP contribution is -2.34. The van der Waals surface area contributed by atoms with E-state index >= 15 is 0 Å². The first-order valence-electron chi connectivity index (χ1n) is 5.96. The van der Waals surface area contributed by atoms with Crippen LogP contribution in [0.2, 0.25) is 0 Å². The number of ether oxygens (including phenoxy) is 1. The summed E-state index contributed by atoms with van der Waals surface area (Å²) in [7, 11) is 1.32. The molecular formula is C14H11N3O3. The summed E-state index contributed by atoms with van der Waals surface area (Å²) in [6.07, 6.45) is 1.64. The summed E-state index contributed by atoms with van der Waals surface area (Å²) in [6.45, 7) is 0.